The number of hydrogen-bond acceptors (Lipinski definition) is 3. The third kappa shape index (κ3) is 4.53. The van der Waals surface area contributed by atoms with Crippen LogP contribution < -0.4 is 10.1 Å². The molecule has 1 aliphatic heterocycles. The minimum Gasteiger partial charge on any atom is -0.406 e. The maximum absolute atomic E-state index is 14.5. The summed E-state index contributed by atoms with van der Waals surface area (Å²) in [5.74, 6) is -0.611. The van der Waals surface area contributed by atoms with Crippen LogP contribution in [0.1, 0.15) is 22.7 Å². The molecule has 7 heteroatoms. The van der Waals surface area contributed by atoms with E-state index in [0.717, 1.165) is 37.3 Å². The highest BCUT2D eigenvalue weighted by Crippen LogP contribution is 2.33. The Bertz CT molecular complexity index is 740. The van der Waals surface area contributed by atoms with Gasteiger partial charge in [0.25, 0.3) is 0 Å². The van der Waals surface area contributed by atoms with Crippen LogP contribution in [-0.2, 0) is 0 Å². The molecule has 140 valence electrons. The van der Waals surface area contributed by atoms with Gasteiger partial charge in [-0.3, -0.25) is 4.90 Å². The summed E-state index contributed by atoms with van der Waals surface area (Å²) in [6.07, 6.45) is -4.73. The molecule has 1 atom stereocenters. The number of aryl methyl sites for hydroxylation is 1. The van der Waals surface area contributed by atoms with Gasteiger partial charge < -0.3 is 10.1 Å². The highest BCUT2D eigenvalue weighted by molar-refractivity contribution is 5.38. The molecule has 1 N–H and O–H groups in total. The Morgan fingerprint density at radius 3 is 2.31 bits per heavy atom. The summed E-state index contributed by atoms with van der Waals surface area (Å²) >= 11 is 0. The molecule has 0 aromatic heterocycles. The highest BCUT2D eigenvalue weighted by atomic mass is 19.4. The quantitative estimate of drug-likeness (QED) is 0.825. The summed E-state index contributed by atoms with van der Waals surface area (Å²) in [5.41, 5.74) is 2.18. The van der Waals surface area contributed by atoms with E-state index in [4.69, 9.17) is 0 Å². The highest BCUT2D eigenvalue weighted by Gasteiger charge is 2.31. The van der Waals surface area contributed by atoms with E-state index in [-0.39, 0.29) is 17.6 Å². The van der Waals surface area contributed by atoms with Gasteiger partial charge in [-0.15, -0.1) is 13.2 Å². The number of ether oxygens (including phenoxy) is 1. The Balaban J connectivity index is 1.96. The molecular formula is C19H20F4N2O. The molecule has 2 aromatic rings. The van der Waals surface area contributed by atoms with Crippen LogP contribution in [0, 0.1) is 12.7 Å². The summed E-state index contributed by atoms with van der Waals surface area (Å²) in [6.45, 7) is 4.88. The first-order valence-corrected chi connectivity index (χ1v) is 8.40. The Morgan fingerprint density at radius 1 is 1.04 bits per heavy atom. The SMILES string of the molecule is Cc1ccc(F)c([C@@H](c2ccc(OC(F)(F)F)cc2)N2CCNCC2)c1. The Kier molecular flexibility index (Phi) is 5.48. The fourth-order valence-electron chi connectivity index (χ4n) is 3.25. The first kappa shape index (κ1) is 18.7. The molecule has 1 fully saturated rings. The summed E-state index contributed by atoms with van der Waals surface area (Å²) in [6, 6.07) is 10.2. The lowest BCUT2D eigenvalue weighted by Crippen LogP contribution is -2.45. The van der Waals surface area contributed by atoms with Gasteiger partial charge in [0.15, 0.2) is 0 Å². The van der Waals surface area contributed by atoms with Crippen molar-refractivity contribution < 1.29 is 22.3 Å². The second-order valence-electron chi connectivity index (χ2n) is 6.33. The molecule has 1 saturated heterocycles. The van der Waals surface area contributed by atoms with Gasteiger partial charge in [0.05, 0.1) is 6.04 Å². The fraction of sp³-hybridized carbons (Fsp3) is 0.368. The van der Waals surface area contributed by atoms with Crippen molar-refractivity contribution in [3.05, 3.63) is 65.0 Å². The number of nitrogens with one attached hydrogen (secondary N) is 1. The number of halogens is 4. The number of piperazine rings is 1. The molecule has 2 aromatic carbocycles. The lowest BCUT2D eigenvalue weighted by molar-refractivity contribution is -0.274. The van der Waals surface area contributed by atoms with Crippen molar-refractivity contribution >= 4 is 0 Å². The molecule has 0 aliphatic carbocycles. The van der Waals surface area contributed by atoms with Crippen molar-refractivity contribution in [2.45, 2.75) is 19.3 Å². The van der Waals surface area contributed by atoms with Crippen LogP contribution in [0.3, 0.4) is 0 Å². The van der Waals surface area contributed by atoms with Crippen LogP contribution in [0.2, 0.25) is 0 Å². The van der Waals surface area contributed by atoms with Crippen LogP contribution in [0.15, 0.2) is 42.5 Å². The van der Waals surface area contributed by atoms with Gasteiger partial charge in [-0.2, -0.15) is 0 Å². The zero-order valence-corrected chi connectivity index (χ0v) is 14.3. The normalized spacial score (nSPS) is 17.1. The lowest BCUT2D eigenvalue weighted by atomic mass is 9.94. The van der Waals surface area contributed by atoms with Gasteiger partial charge in [0.1, 0.15) is 11.6 Å². The summed E-state index contributed by atoms with van der Waals surface area (Å²) in [5, 5.41) is 3.25. The molecule has 0 spiro atoms. The van der Waals surface area contributed by atoms with E-state index in [1.54, 1.807) is 24.3 Å². The minimum absolute atomic E-state index is 0.287. The third-order valence-corrected chi connectivity index (χ3v) is 4.39. The molecule has 3 rings (SSSR count). The topological polar surface area (TPSA) is 24.5 Å². The number of benzene rings is 2. The van der Waals surface area contributed by atoms with Crippen LogP contribution >= 0.6 is 0 Å². The van der Waals surface area contributed by atoms with Crippen LogP contribution in [-0.4, -0.2) is 37.4 Å². The predicted molar refractivity (Wildman–Crippen MR) is 90.5 cm³/mol. The zero-order chi connectivity index (χ0) is 18.7. The first-order chi connectivity index (χ1) is 12.3. The third-order valence-electron chi connectivity index (χ3n) is 4.39. The first-order valence-electron chi connectivity index (χ1n) is 8.40. The second-order valence-corrected chi connectivity index (χ2v) is 6.33. The van der Waals surface area contributed by atoms with E-state index in [9.17, 15) is 17.6 Å². The number of nitrogens with zero attached hydrogens (tertiary/aromatic N) is 1. The standard InChI is InChI=1S/C19H20F4N2O/c1-13-2-7-17(20)16(12-13)18(25-10-8-24-9-11-25)14-3-5-15(6-4-14)26-19(21,22)23/h2-7,12,18,24H,8-11H2,1H3/t18-/m1/s1. The maximum Gasteiger partial charge on any atom is 0.573 e. The van der Waals surface area contributed by atoms with E-state index in [1.807, 2.05) is 6.92 Å². The number of hydrogen-bond donors (Lipinski definition) is 1. The van der Waals surface area contributed by atoms with E-state index in [2.05, 4.69) is 15.0 Å². The monoisotopic (exact) mass is 368 g/mol. The average molecular weight is 368 g/mol. The molecule has 3 nitrogen and oxygen atoms in total. The molecular weight excluding hydrogens is 348 g/mol. The molecule has 0 bridgehead atoms. The molecule has 1 heterocycles. The molecule has 26 heavy (non-hydrogen) atoms. The molecule has 0 radical (unpaired) electrons. The Labute approximate surface area is 149 Å². The summed E-state index contributed by atoms with van der Waals surface area (Å²) < 4.78 is 55.6. The van der Waals surface area contributed by atoms with Crippen LogP contribution in [0.25, 0.3) is 0 Å². The minimum atomic E-state index is -4.73. The van der Waals surface area contributed by atoms with Crippen molar-refractivity contribution in [2.75, 3.05) is 26.2 Å². The van der Waals surface area contributed by atoms with Gasteiger partial charge >= 0.3 is 6.36 Å². The summed E-state index contributed by atoms with van der Waals surface area (Å²) in [7, 11) is 0. The lowest BCUT2D eigenvalue weighted by Gasteiger charge is -2.36. The van der Waals surface area contributed by atoms with Crippen molar-refractivity contribution in [1.29, 1.82) is 0 Å². The van der Waals surface area contributed by atoms with Gasteiger partial charge in [-0.05, 0) is 30.7 Å². The van der Waals surface area contributed by atoms with Gasteiger partial charge in [0, 0.05) is 31.7 Å². The zero-order valence-electron chi connectivity index (χ0n) is 14.3. The van der Waals surface area contributed by atoms with Gasteiger partial charge in [-0.25, -0.2) is 4.39 Å². The van der Waals surface area contributed by atoms with Crippen molar-refractivity contribution in [3.63, 3.8) is 0 Å². The van der Waals surface area contributed by atoms with E-state index in [1.165, 1.54) is 18.2 Å². The smallest absolute Gasteiger partial charge is 0.406 e. The van der Waals surface area contributed by atoms with Crippen molar-refractivity contribution in [3.8, 4) is 5.75 Å². The number of rotatable bonds is 4. The molecule has 1 aliphatic rings. The maximum atomic E-state index is 14.5. The van der Waals surface area contributed by atoms with E-state index >= 15 is 0 Å². The molecule has 0 amide bonds. The fourth-order valence-corrected chi connectivity index (χ4v) is 3.25. The molecule has 0 saturated carbocycles. The van der Waals surface area contributed by atoms with E-state index < -0.39 is 6.36 Å². The Morgan fingerprint density at radius 2 is 1.69 bits per heavy atom. The van der Waals surface area contributed by atoms with Crippen LogP contribution in [0.4, 0.5) is 17.6 Å². The summed E-state index contributed by atoms with van der Waals surface area (Å²) in [4.78, 5) is 2.13. The predicted octanol–water partition coefficient (Wildman–Crippen LogP) is 4.03. The molecule has 0 unspecified atom stereocenters. The average Bonchev–Trinajstić information content (AvgIpc) is 2.59. The van der Waals surface area contributed by atoms with Crippen molar-refractivity contribution in [1.82, 2.24) is 10.2 Å². The second kappa shape index (κ2) is 7.63. The van der Waals surface area contributed by atoms with Gasteiger partial charge in [-0.1, -0.05) is 29.8 Å². The van der Waals surface area contributed by atoms with Crippen molar-refractivity contribution in [2.24, 2.45) is 0 Å². The van der Waals surface area contributed by atoms with E-state index in [0.29, 0.717) is 5.56 Å². The number of alkyl halides is 3. The van der Waals surface area contributed by atoms with Gasteiger partial charge in [0.2, 0.25) is 0 Å². The Hall–Kier alpha value is -2.12. The largest absolute Gasteiger partial charge is 0.573 e. The van der Waals surface area contributed by atoms with Crippen LogP contribution in [0.5, 0.6) is 5.75 Å².